The number of hydrogen-bond acceptors (Lipinski definition) is 4. The van der Waals surface area contributed by atoms with Crippen molar-refractivity contribution in [3.63, 3.8) is 0 Å². The first-order chi connectivity index (χ1) is 8.11. The molecular weight excluding hydrogens is 382 g/mol. The molecule has 1 rings (SSSR count). The number of nitrogens with zero attached hydrogens (tertiary/aromatic N) is 2. The molecule has 0 saturated carbocycles. The second-order valence-corrected chi connectivity index (χ2v) is 3.87. The van der Waals surface area contributed by atoms with E-state index >= 15 is 0 Å². The second-order valence-electron chi connectivity index (χ2n) is 2.79. The normalized spacial score (nSPS) is 11.7. The van der Waals surface area contributed by atoms with Crippen LogP contribution in [0.4, 0.5) is 27.8 Å². The molecule has 0 N–H and O–H groups in total. The van der Waals surface area contributed by atoms with Crippen molar-refractivity contribution >= 4 is 28.4 Å². The number of nitro groups is 1. The molecule has 11 heteroatoms. The Balaban J connectivity index is 3.36. The number of hydrogen-bond donors (Lipinski definition) is 0. The Hall–Kier alpha value is -1.27. The average Bonchev–Trinajstić information content (AvgIpc) is 2.18. The Morgan fingerprint density at radius 1 is 1.44 bits per heavy atom. The van der Waals surface area contributed by atoms with Crippen LogP contribution in [0.2, 0.25) is 0 Å². The van der Waals surface area contributed by atoms with Gasteiger partial charge in [-0.3, -0.25) is 0 Å². The molecule has 1 aromatic heterocycles. The van der Waals surface area contributed by atoms with Crippen LogP contribution >= 0.6 is 22.6 Å². The van der Waals surface area contributed by atoms with E-state index in [1.165, 1.54) is 0 Å². The van der Waals surface area contributed by atoms with Gasteiger partial charge in [0.15, 0.2) is 0 Å². The molecule has 0 aliphatic rings. The van der Waals surface area contributed by atoms with Crippen LogP contribution < -0.4 is 4.74 Å². The Labute approximate surface area is 109 Å². The van der Waals surface area contributed by atoms with Crippen molar-refractivity contribution < 1.29 is 31.6 Å². The molecule has 0 aromatic carbocycles. The third kappa shape index (κ3) is 3.61. The summed E-state index contributed by atoms with van der Waals surface area (Å²) in [6, 6.07) is 0.398. The fraction of sp³-hybridized carbons (Fsp3) is 0.286. The van der Waals surface area contributed by atoms with Gasteiger partial charge in [-0.05, 0) is 27.5 Å². The summed E-state index contributed by atoms with van der Waals surface area (Å²) in [4.78, 5) is 12.1. The quantitative estimate of drug-likeness (QED) is 0.347. The van der Waals surface area contributed by atoms with Crippen molar-refractivity contribution in [2.75, 3.05) is 0 Å². The monoisotopic (exact) mass is 384 g/mol. The lowest BCUT2D eigenvalue weighted by Crippen LogP contribution is -2.19. The third-order valence-corrected chi connectivity index (χ3v) is 2.66. The summed E-state index contributed by atoms with van der Waals surface area (Å²) in [5.41, 5.74) is -0.948. The van der Waals surface area contributed by atoms with Gasteiger partial charge < -0.3 is 14.9 Å². The summed E-state index contributed by atoms with van der Waals surface area (Å²) in [7, 11) is 0. The van der Waals surface area contributed by atoms with Crippen LogP contribution in [-0.4, -0.2) is 16.3 Å². The van der Waals surface area contributed by atoms with E-state index in [1.54, 1.807) is 0 Å². The molecule has 0 spiro atoms. The van der Waals surface area contributed by atoms with Gasteiger partial charge in [-0.25, -0.2) is 8.78 Å². The highest BCUT2D eigenvalue weighted by molar-refractivity contribution is 14.1. The number of halogens is 6. The fourth-order valence-corrected chi connectivity index (χ4v) is 1.56. The van der Waals surface area contributed by atoms with Gasteiger partial charge in [0.2, 0.25) is 0 Å². The zero-order valence-corrected chi connectivity index (χ0v) is 10.2. The van der Waals surface area contributed by atoms with Gasteiger partial charge in [0.25, 0.3) is 6.43 Å². The highest BCUT2D eigenvalue weighted by Crippen LogP contribution is 2.35. The van der Waals surface area contributed by atoms with E-state index in [4.69, 9.17) is 0 Å². The maximum atomic E-state index is 12.5. The number of alkyl halides is 5. The lowest BCUT2D eigenvalue weighted by molar-refractivity contribution is -0.390. The molecule has 0 atom stereocenters. The van der Waals surface area contributed by atoms with E-state index in [-0.39, 0.29) is 0 Å². The molecule has 0 aliphatic heterocycles. The van der Waals surface area contributed by atoms with Crippen LogP contribution in [0, 0.1) is 13.7 Å². The van der Waals surface area contributed by atoms with E-state index in [1.807, 2.05) is 0 Å². The number of rotatable bonds is 3. The second kappa shape index (κ2) is 5.16. The van der Waals surface area contributed by atoms with Crippen LogP contribution in [-0.2, 0) is 0 Å². The Kier molecular flexibility index (Phi) is 4.24. The van der Waals surface area contributed by atoms with Crippen molar-refractivity contribution in [1.29, 1.82) is 0 Å². The van der Waals surface area contributed by atoms with E-state index in [0.717, 1.165) is 22.6 Å². The maximum absolute atomic E-state index is 12.5. The molecule has 0 bridgehead atoms. The van der Waals surface area contributed by atoms with Crippen molar-refractivity contribution in [2.24, 2.45) is 0 Å². The molecule has 18 heavy (non-hydrogen) atoms. The number of ether oxygens (including phenoxy) is 1. The van der Waals surface area contributed by atoms with Gasteiger partial charge in [0.05, 0.1) is 0 Å². The number of pyridine rings is 1. The van der Waals surface area contributed by atoms with Crippen LogP contribution in [0.15, 0.2) is 6.07 Å². The molecule has 0 amide bonds. The van der Waals surface area contributed by atoms with Gasteiger partial charge in [0.1, 0.15) is 3.57 Å². The van der Waals surface area contributed by atoms with E-state index in [0.29, 0.717) is 6.07 Å². The van der Waals surface area contributed by atoms with Gasteiger partial charge in [0, 0.05) is 16.6 Å². The zero-order valence-electron chi connectivity index (χ0n) is 8.04. The van der Waals surface area contributed by atoms with Crippen LogP contribution in [0.5, 0.6) is 5.88 Å². The highest BCUT2D eigenvalue weighted by Gasteiger charge is 2.37. The van der Waals surface area contributed by atoms with Gasteiger partial charge in [-0.15, -0.1) is 13.2 Å². The first-order valence-corrected chi connectivity index (χ1v) is 5.08. The molecule has 0 saturated heterocycles. The van der Waals surface area contributed by atoms with Crippen molar-refractivity contribution in [3.05, 3.63) is 25.3 Å². The molecule has 100 valence electrons. The summed E-state index contributed by atoms with van der Waals surface area (Å²) in [5.74, 6) is -2.42. The Bertz CT molecular complexity index is 479. The molecule has 1 aromatic rings. The summed E-state index contributed by atoms with van der Waals surface area (Å²) in [6.07, 6.45) is -8.36. The van der Waals surface area contributed by atoms with Crippen LogP contribution in [0.25, 0.3) is 0 Å². The largest absolute Gasteiger partial charge is 0.575 e. The Morgan fingerprint density at radius 3 is 2.39 bits per heavy atom. The minimum atomic E-state index is -5.18. The third-order valence-electron chi connectivity index (χ3n) is 1.58. The van der Waals surface area contributed by atoms with E-state index in [9.17, 15) is 32.1 Å². The maximum Gasteiger partial charge on any atom is 0.575 e. The number of aromatic nitrogens is 1. The summed E-state index contributed by atoms with van der Waals surface area (Å²) >= 11 is 1.15. The smallest absolute Gasteiger partial charge is 0.366 e. The van der Waals surface area contributed by atoms with Gasteiger partial charge in [-0.2, -0.15) is 0 Å². The molecular formula is C7H2F5IN2O3. The summed E-state index contributed by atoms with van der Waals surface area (Å²) < 4.78 is 63.6. The van der Waals surface area contributed by atoms with Gasteiger partial charge in [-0.1, -0.05) is 0 Å². The zero-order chi connectivity index (χ0) is 14.1. The van der Waals surface area contributed by atoms with E-state index < -0.39 is 38.5 Å². The van der Waals surface area contributed by atoms with E-state index in [2.05, 4.69) is 9.72 Å². The first-order valence-electron chi connectivity index (χ1n) is 4.00. The lowest BCUT2D eigenvalue weighted by atomic mass is 10.2. The van der Waals surface area contributed by atoms with Crippen molar-refractivity contribution in [3.8, 4) is 5.88 Å². The average molecular weight is 384 g/mol. The molecule has 0 fully saturated rings. The van der Waals surface area contributed by atoms with Crippen molar-refractivity contribution in [2.45, 2.75) is 12.8 Å². The van der Waals surface area contributed by atoms with Gasteiger partial charge >= 0.3 is 18.1 Å². The predicted molar refractivity (Wildman–Crippen MR) is 55.2 cm³/mol. The minimum Gasteiger partial charge on any atom is -0.366 e. The molecule has 0 unspecified atom stereocenters. The standard InChI is InChI=1S/C7H2F5IN2O3/c8-5(9)2-1-3(15(16)17)14-6(4(2)13)18-7(10,11)12/h1,5H. The van der Waals surface area contributed by atoms with Crippen LogP contribution in [0.1, 0.15) is 12.0 Å². The molecule has 5 nitrogen and oxygen atoms in total. The van der Waals surface area contributed by atoms with Crippen molar-refractivity contribution in [1.82, 2.24) is 4.98 Å². The first kappa shape index (κ1) is 14.8. The molecule has 0 radical (unpaired) electrons. The SMILES string of the molecule is O=[N+]([O-])c1cc(C(F)F)c(I)c(OC(F)(F)F)n1. The minimum absolute atomic E-state index is 0.398. The molecule has 0 aliphatic carbocycles. The summed E-state index contributed by atoms with van der Waals surface area (Å²) in [6.45, 7) is 0. The molecule has 1 heterocycles. The predicted octanol–water partition coefficient (Wildman–Crippen LogP) is 3.43. The lowest BCUT2D eigenvalue weighted by Gasteiger charge is -2.09. The summed E-state index contributed by atoms with van der Waals surface area (Å²) in [5, 5.41) is 10.4. The fourth-order valence-electron chi connectivity index (χ4n) is 0.941. The Morgan fingerprint density at radius 2 is 2.00 bits per heavy atom. The van der Waals surface area contributed by atoms with Crippen LogP contribution in [0.3, 0.4) is 0 Å². The topological polar surface area (TPSA) is 65.3 Å². The highest BCUT2D eigenvalue weighted by atomic mass is 127.